The van der Waals surface area contributed by atoms with Crippen LogP contribution >= 0.6 is 0 Å². The Balaban J connectivity index is 0.000000241. The zero-order valence-electron chi connectivity index (χ0n) is 24.8. The van der Waals surface area contributed by atoms with E-state index in [1.165, 1.54) is 72.1 Å². The molecule has 4 aromatic rings. The smallest absolute Gasteiger partial charge is 0.176 e. The minimum absolute atomic E-state index is 0.00187. The van der Waals surface area contributed by atoms with Crippen molar-refractivity contribution >= 4 is 33.1 Å². The lowest BCUT2D eigenvalue weighted by Crippen LogP contribution is -2.32. The van der Waals surface area contributed by atoms with E-state index < -0.39 is 0 Å². The lowest BCUT2D eigenvalue weighted by molar-refractivity contribution is -0.696. The highest BCUT2D eigenvalue weighted by Crippen LogP contribution is 2.09. The van der Waals surface area contributed by atoms with Crippen molar-refractivity contribution in [1.82, 2.24) is 0 Å². The van der Waals surface area contributed by atoms with Crippen LogP contribution in [0.5, 0.6) is 0 Å². The van der Waals surface area contributed by atoms with Crippen LogP contribution in [0, 0.1) is 90.6 Å². The van der Waals surface area contributed by atoms with Crippen molar-refractivity contribution in [1.29, 1.82) is 42.1 Å². The molecule has 0 amide bonds. The maximum absolute atomic E-state index is 8.63. The molecule has 0 radical (unpaired) electrons. The van der Waals surface area contributed by atoms with Crippen LogP contribution in [0.3, 0.4) is 0 Å². The monoisotopic (exact) mass is 594 g/mol. The molecule has 0 atom stereocenters. The highest BCUT2D eigenvalue weighted by Gasteiger charge is 2.01. The summed E-state index contributed by atoms with van der Waals surface area (Å²) in [6.07, 6.45) is 6.89. The number of benzene rings is 3. The first-order valence-corrected chi connectivity index (χ1v) is 13.7. The second kappa shape index (κ2) is 18.8. The zero-order valence-corrected chi connectivity index (χ0v) is 24.8. The van der Waals surface area contributed by atoms with Crippen LogP contribution in [0.25, 0.3) is 33.1 Å². The maximum atomic E-state index is 8.63. The molecule has 9 nitrogen and oxygen atoms in total. The Morgan fingerprint density at radius 1 is 0.478 bits per heavy atom. The average Bonchev–Trinajstić information content (AvgIpc) is 3.11. The predicted octanol–water partition coefficient (Wildman–Crippen LogP) is 3.09. The number of fused-ring (bicyclic) bond motifs is 1. The first-order valence-electron chi connectivity index (χ1n) is 13.7. The summed E-state index contributed by atoms with van der Waals surface area (Å²) >= 11 is 0. The zero-order chi connectivity index (χ0) is 33.7. The average molecular weight is 595 g/mol. The minimum atomic E-state index is 0.00187. The Kier molecular flexibility index (Phi) is 14.2. The molecular weight excluding hydrogens is 570 g/mol. The first-order chi connectivity index (χ1) is 22.4. The van der Waals surface area contributed by atoms with Crippen LogP contribution in [0.1, 0.15) is 19.8 Å². The molecule has 0 spiro atoms. The molecule has 0 bridgehead atoms. The molecule has 1 heterocycles. The van der Waals surface area contributed by atoms with E-state index in [0.29, 0.717) is 20.9 Å². The summed E-state index contributed by atoms with van der Waals surface area (Å²) in [7, 11) is 0. The van der Waals surface area contributed by atoms with Gasteiger partial charge in [-0.25, -0.2) is 4.57 Å². The third-order valence-electron chi connectivity index (χ3n) is 6.34. The first kappa shape index (κ1) is 34.7. The van der Waals surface area contributed by atoms with Crippen molar-refractivity contribution < 1.29 is 4.57 Å². The molecule has 0 aliphatic carbocycles. The molecule has 1 aromatic heterocycles. The molecule has 0 aliphatic rings. The van der Waals surface area contributed by atoms with E-state index in [1.54, 1.807) is 48.6 Å². The van der Waals surface area contributed by atoms with Crippen molar-refractivity contribution in [3.8, 4) is 48.6 Å². The van der Waals surface area contributed by atoms with Crippen LogP contribution < -0.4 is 25.4 Å². The van der Waals surface area contributed by atoms with Gasteiger partial charge in [0.2, 0.25) is 0 Å². The molecule has 4 rings (SSSR count). The normalized spacial score (nSPS) is 8.63. The number of aromatic nitrogens is 1. The van der Waals surface area contributed by atoms with Gasteiger partial charge in [0.15, 0.2) is 12.4 Å². The van der Waals surface area contributed by atoms with Crippen LogP contribution in [-0.2, 0) is 6.54 Å². The fourth-order valence-electron chi connectivity index (χ4n) is 3.88. The van der Waals surface area contributed by atoms with Gasteiger partial charge in [0, 0.05) is 38.7 Å². The van der Waals surface area contributed by atoms with Gasteiger partial charge >= 0.3 is 0 Å². The fourth-order valence-corrected chi connectivity index (χ4v) is 3.88. The van der Waals surface area contributed by atoms with Gasteiger partial charge in [-0.1, -0.05) is 80.1 Å². The van der Waals surface area contributed by atoms with Crippen LogP contribution in [0.15, 0.2) is 91.3 Å². The van der Waals surface area contributed by atoms with E-state index in [4.69, 9.17) is 42.1 Å². The van der Waals surface area contributed by atoms with E-state index in [1.807, 2.05) is 0 Å². The van der Waals surface area contributed by atoms with Crippen molar-refractivity contribution in [2.45, 2.75) is 26.3 Å². The van der Waals surface area contributed by atoms with Gasteiger partial charge in [0.1, 0.15) is 77.4 Å². The molecule has 0 saturated heterocycles. The molecular formula is C37H24N9+. The minimum Gasteiger partial charge on any atom is -0.205 e. The van der Waals surface area contributed by atoms with Crippen molar-refractivity contribution in [3.63, 3.8) is 0 Å². The lowest BCUT2D eigenvalue weighted by atomic mass is 10.1. The predicted molar refractivity (Wildman–Crippen MR) is 169 cm³/mol. The number of pyridine rings is 1. The van der Waals surface area contributed by atoms with E-state index in [0.717, 1.165) is 6.54 Å². The SMILES string of the molecule is CCCC[n+]1ccc2ccccc2c1.N#CC(C#N)=c1ccc(=C(C#N)C#N)cc1.N#CC(C#N)=c1ccc(=C(C#N)C#N)cc1. The van der Waals surface area contributed by atoms with Crippen LogP contribution in [-0.4, -0.2) is 0 Å². The number of rotatable bonds is 3. The van der Waals surface area contributed by atoms with Crippen LogP contribution in [0.2, 0.25) is 0 Å². The Morgan fingerprint density at radius 2 is 0.804 bits per heavy atom. The standard InChI is InChI=1S/C13H16N.2C12H4N4/c1-2-3-9-14-10-8-12-6-4-5-7-13(12)11-14;2*13-5-11(6-14)9-1-2-10(4-3-9)12(7-15)8-16/h4-8,10-11H,2-3,9H2,1H3;2*1-4H/q+1;;. The van der Waals surface area contributed by atoms with E-state index >= 15 is 0 Å². The summed E-state index contributed by atoms with van der Waals surface area (Å²) in [5.41, 5.74) is 0.00746. The van der Waals surface area contributed by atoms with Crippen molar-refractivity contribution in [2.24, 2.45) is 0 Å². The lowest BCUT2D eigenvalue weighted by Gasteiger charge is -1.97. The van der Waals surface area contributed by atoms with Gasteiger partial charge in [-0.05, 0) is 11.5 Å². The van der Waals surface area contributed by atoms with Crippen molar-refractivity contribution in [2.75, 3.05) is 0 Å². The Hall–Kier alpha value is -7.53. The van der Waals surface area contributed by atoms with Gasteiger partial charge in [-0.3, -0.25) is 0 Å². The molecule has 9 heteroatoms. The molecule has 216 valence electrons. The number of unbranched alkanes of at least 4 members (excludes halogenated alkanes) is 1. The number of hydrogen-bond donors (Lipinski definition) is 0. The van der Waals surface area contributed by atoms with Crippen molar-refractivity contribution in [3.05, 3.63) is 112 Å². The molecule has 0 unspecified atom stereocenters. The van der Waals surface area contributed by atoms with Gasteiger partial charge in [0.05, 0.1) is 0 Å². The second-order valence-corrected chi connectivity index (χ2v) is 9.21. The number of aryl methyl sites for hydroxylation is 1. The topological polar surface area (TPSA) is 194 Å². The van der Waals surface area contributed by atoms with Gasteiger partial charge in [0.25, 0.3) is 0 Å². The highest BCUT2D eigenvalue weighted by molar-refractivity contribution is 5.80. The largest absolute Gasteiger partial charge is 0.205 e. The summed E-state index contributed by atoms with van der Waals surface area (Å²) in [4.78, 5) is 0. The molecule has 0 fully saturated rings. The molecule has 0 saturated carbocycles. The van der Waals surface area contributed by atoms with Gasteiger partial charge in [-0.15, -0.1) is 0 Å². The van der Waals surface area contributed by atoms with E-state index in [9.17, 15) is 0 Å². The second-order valence-electron chi connectivity index (χ2n) is 9.21. The fraction of sp³-hybridized carbons (Fsp3) is 0.108. The molecule has 46 heavy (non-hydrogen) atoms. The summed E-state index contributed by atoms with van der Waals surface area (Å²) in [5, 5.41) is 73.6. The molecule has 0 aliphatic heterocycles. The highest BCUT2D eigenvalue weighted by atomic mass is 14.9. The Bertz CT molecular complexity index is 1980. The van der Waals surface area contributed by atoms with E-state index in [2.05, 4.69) is 54.2 Å². The third kappa shape index (κ3) is 9.79. The summed E-state index contributed by atoms with van der Waals surface area (Å²) in [5.74, 6) is 0. The van der Waals surface area contributed by atoms with E-state index in [-0.39, 0.29) is 22.3 Å². The summed E-state index contributed by atoms with van der Waals surface area (Å²) < 4.78 is 2.27. The van der Waals surface area contributed by atoms with Crippen LogP contribution in [0.4, 0.5) is 0 Å². The number of hydrogen-bond acceptors (Lipinski definition) is 8. The van der Waals surface area contributed by atoms with Gasteiger partial charge < -0.3 is 0 Å². The number of nitriles is 8. The summed E-state index contributed by atoms with van der Waals surface area (Å²) in [6.45, 7) is 3.35. The number of nitrogens with zero attached hydrogens (tertiary/aromatic N) is 9. The van der Waals surface area contributed by atoms with Gasteiger partial charge in [-0.2, -0.15) is 42.1 Å². The third-order valence-corrected chi connectivity index (χ3v) is 6.34. The summed E-state index contributed by atoms with van der Waals surface area (Å²) in [6, 6.07) is 37.0. The Morgan fingerprint density at radius 3 is 1.11 bits per heavy atom. The quantitative estimate of drug-likeness (QED) is 0.323. The molecule has 0 N–H and O–H groups in total. The Labute approximate surface area is 266 Å². The molecule has 3 aromatic carbocycles. The maximum Gasteiger partial charge on any atom is 0.176 e.